The van der Waals surface area contributed by atoms with Crippen LogP contribution < -0.4 is 19.9 Å². The molecule has 2 aliphatic rings. The normalized spacial score (nSPS) is 15.6. The van der Waals surface area contributed by atoms with Crippen LogP contribution in [0.2, 0.25) is 0 Å². The van der Waals surface area contributed by atoms with Crippen LogP contribution in [0.3, 0.4) is 0 Å². The van der Waals surface area contributed by atoms with Gasteiger partial charge in [0.2, 0.25) is 0 Å². The first-order valence-corrected chi connectivity index (χ1v) is 13.0. The number of ether oxygens (including phenoxy) is 2. The molecule has 2 aliphatic heterocycles. The number of aryl methyl sites for hydroxylation is 1. The molecule has 0 unspecified atom stereocenters. The van der Waals surface area contributed by atoms with Gasteiger partial charge < -0.3 is 24.6 Å². The lowest BCUT2D eigenvalue weighted by atomic mass is 10.1. The Morgan fingerprint density at radius 3 is 2.58 bits per heavy atom. The molecule has 0 atom stereocenters. The van der Waals surface area contributed by atoms with Crippen LogP contribution in [0.1, 0.15) is 33.3 Å². The summed E-state index contributed by atoms with van der Waals surface area (Å²) >= 11 is 0. The topological polar surface area (TPSA) is 105 Å². The molecule has 1 N–H and O–H groups in total. The number of amides is 3. The van der Waals surface area contributed by atoms with Crippen LogP contribution in [0.15, 0.2) is 30.6 Å². The number of aromatic nitrogens is 3. The van der Waals surface area contributed by atoms with Crippen molar-refractivity contribution in [1.29, 1.82) is 0 Å². The zero-order valence-electron chi connectivity index (χ0n) is 22.7. The van der Waals surface area contributed by atoms with Gasteiger partial charge in [-0.1, -0.05) is 0 Å². The molecule has 0 saturated carbocycles. The molecule has 0 aliphatic carbocycles. The molecule has 4 heterocycles. The van der Waals surface area contributed by atoms with Crippen molar-refractivity contribution in [3.63, 3.8) is 0 Å². The number of urea groups is 1. The van der Waals surface area contributed by atoms with Gasteiger partial charge in [-0.2, -0.15) is 5.10 Å². The minimum Gasteiger partial charge on any atom is -0.492 e. The molecule has 3 aromatic rings. The minimum atomic E-state index is -0.517. The summed E-state index contributed by atoms with van der Waals surface area (Å²) in [5, 5.41) is 8.38. The van der Waals surface area contributed by atoms with Crippen LogP contribution in [0.25, 0.3) is 10.9 Å². The number of piperazine rings is 1. The smallest absolute Gasteiger partial charge is 0.410 e. The Morgan fingerprint density at radius 1 is 1.11 bits per heavy atom. The molecule has 1 aromatic carbocycles. The molecule has 3 amide bonds. The molecule has 0 bridgehead atoms. The van der Waals surface area contributed by atoms with Crippen molar-refractivity contribution in [2.45, 2.75) is 39.7 Å². The van der Waals surface area contributed by atoms with E-state index in [1.165, 1.54) is 0 Å². The molecule has 1 fully saturated rings. The minimum absolute atomic E-state index is 0.257. The van der Waals surface area contributed by atoms with Gasteiger partial charge in [0.15, 0.2) is 0 Å². The molecule has 38 heavy (non-hydrogen) atoms. The van der Waals surface area contributed by atoms with Crippen molar-refractivity contribution in [1.82, 2.24) is 19.7 Å². The number of carbonyl (C=O) groups excluding carboxylic acids is 2. The predicted molar refractivity (Wildman–Crippen MR) is 146 cm³/mol. The van der Waals surface area contributed by atoms with Gasteiger partial charge in [0, 0.05) is 74.9 Å². The molecule has 1 saturated heterocycles. The zero-order chi connectivity index (χ0) is 27.0. The summed E-state index contributed by atoms with van der Waals surface area (Å²) in [5.74, 6) is 1.24. The van der Waals surface area contributed by atoms with Crippen molar-refractivity contribution in [3.05, 3.63) is 36.2 Å². The maximum Gasteiger partial charge on any atom is 0.410 e. The van der Waals surface area contributed by atoms with Gasteiger partial charge in [-0.05, 0) is 46.2 Å². The highest BCUT2D eigenvalue weighted by molar-refractivity contribution is 6.05. The second kappa shape index (κ2) is 10.0. The quantitative estimate of drug-likeness (QED) is 0.553. The van der Waals surface area contributed by atoms with Gasteiger partial charge in [-0.15, -0.1) is 0 Å². The Hall–Kier alpha value is -4.02. The Bertz CT molecular complexity index is 1360. The predicted octanol–water partition coefficient (Wildman–Crippen LogP) is 4.02. The zero-order valence-corrected chi connectivity index (χ0v) is 22.7. The number of hydrogen-bond acceptors (Lipinski definition) is 7. The molecular formula is C27H35N7O4. The number of hydrogen-bond donors (Lipinski definition) is 1. The highest BCUT2D eigenvalue weighted by Gasteiger charge is 2.32. The van der Waals surface area contributed by atoms with Gasteiger partial charge in [0.05, 0.1) is 17.8 Å². The largest absolute Gasteiger partial charge is 0.492 e. The molecule has 11 heteroatoms. The average Bonchev–Trinajstić information content (AvgIpc) is 3.45. The first-order chi connectivity index (χ1) is 18.1. The van der Waals surface area contributed by atoms with Crippen LogP contribution in [-0.4, -0.2) is 76.7 Å². The van der Waals surface area contributed by atoms with Gasteiger partial charge in [0.1, 0.15) is 17.2 Å². The highest BCUT2D eigenvalue weighted by atomic mass is 16.6. The third kappa shape index (κ3) is 5.18. The lowest BCUT2D eigenvalue weighted by Gasteiger charge is -2.37. The van der Waals surface area contributed by atoms with E-state index in [-0.39, 0.29) is 12.1 Å². The fourth-order valence-corrected chi connectivity index (χ4v) is 4.96. The van der Waals surface area contributed by atoms with Crippen molar-refractivity contribution in [3.8, 4) is 5.75 Å². The number of carbonyl (C=O) groups is 2. The SMILES string of the molecule is CCOc1cc2nn(C)cc2cc1NC(=O)N1CCc2c(N3CCN(C(=O)OC(C)(C)C)CC3)ccnc21. The van der Waals surface area contributed by atoms with E-state index >= 15 is 0 Å². The number of rotatable bonds is 4. The van der Waals surface area contributed by atoms with Crippen LogP contribution in [0.5, 0.6) is 5.75 Å². The summed E-state index contributed by atoms with van der Waals surface area (Å²) in [4.78, 5) is 36.1. The molecule has 2 aromatic heterocycles. The van der Waals surface area contributed by atoms with E-state index < -0.39 is 5.60 Å². The first-order valence-electron chi connectivity index (χ1n) is 13.0. The molecule has 11 nitrogen and oxygen atoms in total. The van der Waals surface area contributed by atoms with E-state index in [0.717, 1.165) is 22.2 Å². The van der Waals surface area contributed by atoms with Gasteiger partial charge >= 0.3 is 12.1 Å². The molecule has 0 radical (unpaired) electrons. The summed E-state index contributed by atoms with van der Waals surface area (Å²) < 4.78 is 13.1. The Morgan fingerprint density at radius 2 is 1.87 bits per heavy atom. The van der Waals surface area contributed by atoms with Crippen LogP contribution in [0, 0.1) is 0 Å². The molecule has 202 valence electrons. The van der Waals surface area contributed by atoms with Gasteiger partial charge in [0.25, 0.3) is 0 Å². The second-order valence-corrected chi connectivity index (χ2v) is 10.6. The van der Waals surface area contributed by atoms with Crippen molar-refractivity contribution in [2.75, 3.05) is 54.4 Å². The number of fused-ring (bicyclic) bond motifs is 2. The van der Waals surface area contributed by atoms with E-state index in [1.54, 1.807) is 20.7 Å². The lowest BCUT2D eigenvalue weighted by Crippen LogP contribution is -2.50. The number of pyridine rings is 1. The fraction of sp³-hybridized carbons (Fsp3) is 0.481. The summed E-state index contributed by atoms with van der Waals surface area (Å²) in [7, 11) is 1.86. The van der Waals surface area contributed by atoms with Crippen molar-refractivity contribution >= 4 is 40.2 Å². The van der Waals surface area contributed by atoms with E-state index in [1.807, 2.05) is 59.1 Å². The summed E-state index contributed by atoms with van der Waals surface area (Å²) in [6.45, 7) is 11.1. The van der Waals surface area contributed by atoms with Crippen LogP contribution in [-0.2, 0) is 18.2 Å². The van der Waals surface area contributed by atoms with E-state index in [0.29, 0.717) is 63.0 Å². The maximum atomic E-state index is 13.4. The van der Waals surface area contributed by atoms with E-state index in [4.69, 9.17) is 9.47 Å². The summed E-state index contributed by atoms with van der Waals surface area (Å²) in [5.41, 5.74) is 2.98. The molecular weight excluding hydrogens is 486 g/mol. The fourth-order valence-electron chi connectivity index (χ4n) is 4.96. The van der Waals surface area contributed by atoms with Crippen molar-refractivity contribution < 1.29 is 19.1 Å². The first kappa shape index (κ1) is 25.6. The Labute approximate surface area is 222 Å². The third-order valence-corrected chi connectivity index (χ3v) is 6.63. The Balaban J connectivity index is 1.31. The second-order valence-electron chi connectivity index (χ2n) is 10.6. The number of nitrogens with zero attached hydrogens (tertiary/aromatic N) is 6. The van der Waals surface area contributed by atoms with E-state index in [9.17, 15) is 9.59 Å². The highest BCUT2D eigenvalue weighted by Crippen LogP contribution is 2.36. The number of benzene rings is 1. The van der Waals surface area contributed by atoms with Gasteiger partial charge in [-0.3, -0.25) is 9.58 Å². The maximum absolute atomic E-state index is 13.4. The van der Waals surface area contributed by atoms with Crippen molar-refractivity contribution in [2.24, 2.45) is 7.05 Å². The third-order valence-electron chi connectivity index (χ3n) is 6.63. The summed E-state index contributed by atoms with van der Waals surface area (Å²) in [6, 6.07) is 5.47. The van der Waals surface area contributed by atoms with Gasteiger partial charge in [-0.25, -0.2) is 14.6 Å². The number of nitrogens with one attached hydrogen (secondary N) is 1. The average molecular weight is 522 g/mol. The number of anilines is 3. The van der Waals surface area contributed by atoms with E-state index in [2.05, 4.69) is 20.3 Å². The lowest BCUT2D eigenvalue weighted by molar-refractivity contribution is 0.0240. The molecule has 0 spiro atoms. The van der Waals surface area contributed by atoms with Crippen LogP contribution in [0.4, 0.5) is 26.8 Å². The standard InChI is InChI=1S/C27H35N7O4/c1-6-37-23-16-20-18(17-31(5)30-20)15-21(23)29-25(35)34-10-8-19-22(7-9-28-24(19)34)32-11-13-33(14-12-32)26(36)38-27(2,3)4/h7,9,15-17H,6,8,10-14H2,1-5H3,(H,29,35). The van der Waals surface area contributed by atoms with Crippen LogP contribution >= 0.6 is 0 Å². The summed E-state index contributed by atoms with van der Waals surface area (Å²) in [6.07, 6.45) is 4.07. The molecule has 5 rings (SSSR count). The monoisotopic (exact) mass is 521 g/mol. The Kier molecular flexibility index (Phi) is 6.77.